The zero-order valence-electron chi connectivity index (χ0n) is 15.1. The smallest absolute Gasteiger partial charge is 0.300 e. The summed E-state index contributed by atoms with van der Waals surface area (Å²) in [6.45, 7) is 6.00. The highest BCUT2D eigenvalue weighted by molar-refractivity contribution is 7.88. The van der Waals surface area contributed by atoms with Gasteiger partial charge in [-0.15, -0.1) is 0 Å². The van der Waals surface area contributed by atoms with Crippen molar-refractivity contribution in [1.29, 1.82) is 0 Å². The van der Waals surface area contributed by atoms with Crippen LogP contribution in [0.5, 0.6) is 0 Å². The van der Waals surface area contributed by atoms with E-state index in [-0.39, 0.29) is 5.69 Å². The molecule has 0 radical (unpaired) electrons. The first-order valence-corrected chi connectivity index (χ1v) is 11.1. The van der Waals surface area contributed by atoms with Crippen LogP contribution in [-0.4, -0.2) is 70.9 Å². The maximum Gasteiger partial charge on any atom is 0.343 e. The van der Waals surface area contributed by atoms with Gasteiger partial charge in [-0.1, -0.05) is 0 Å². The average molecular weight is 372 g/mol. The maximum atomic E-state index is 11.7. The molecule has 1 aromatic rings. The third kappa shape index (κ3) is 4.32. The number of sulfonamides is 1. The second-order valence-corrected chi connectivity index (χ2v) is 9.25. The van der Waals surface area contributed by atoms with Crippen molar-refractivity contribution in [3.63, 3.8) is 0 Å². The number of aromatic amines is 1. The number of piperidine rings is 2. The Bertz CT molecular complexity index is 725. The van der Waals surface area contributed by atoms with Gasteiger partial charge < -0.3 is 4.90 Å². The lowest BCUT2D eigenvalue weighted by Crippen LogP contribution is -2.48. The van der Waals surface area contributed by atoms with Gasteiger partial charge in [-0.25, -0.2) is 22.6 Å². The minimum absolute atomic E-state index is 0.118. The lowest BCUT2D eigenvalue weighted by Gasteiger charge is -2.41. The van der Waals surface area contributed by atoms with E-state index in [4.69, 9.17) is 0 Å². The average Bonchev–Trinajstić information content (AvgIpc) is 2.94. The third-order valence-corrected chi connectivity index (χ3v) is 6.99. The van der Waals surface area contributed by atoms with E-state index in [1.165, 1.54) is 6.26 Å². The van der Waals surface area contributed by atoms with E-state index in [0.717, 1.165) is 51.0 Å². The van der Waals surface area contributed by atoms with E-state index in [9.17, 15) is 13.2 Å². The van der Waals surface area contributed by atoms with Crippen molar-refractivity contribution >= 4 is 10.0 Å². The molecule has 2 fully saturated rings. The van der Waals surface area contributed by atoms with Crippen molar-refractivity contribution in [2.45, 2.75) is 51.6 Å². The molecule has 2 aliphatic heterocycles. The molecule has 8 nitrogen and oxygen atoms in total. The molecule has 0 aromatic carbocycles. The van der Waals surface area contributed by atoms with Crippen LogP contribution >= 0.6 is 0 Å². The molecule has 0 amide bonds. The van der Waals surface area contributed by atoms with Gasteiger partial charge >= 0.3 is 5.69 Å². The molecule has 2 saturated heterocycles. The molecule has 0 spiro atoms. The molecule has 0 unspecified atom stereocenters. The summed E-state index contributed by atoms with van der Waals surface area (Å²) >= 11 is 0. The molecular formula is C16H29N5O3S. The van der Waals surface area contributed by atoms with Crippen LogP contribution in [0.4, 0.5) is 0 Å². The molecule has 0 atom stereocenters. The van der Waals surface area contributed by atoms with Crippen molar-refractivity contribution in [3.8, 4) is 0 Å². The summed E-state index contributed by atoms with van der Waals surface area (Å²) in [5.74, 6) is 1.43. The predicted molar refractivity (Wildman–Crippen MR) is 96.0 cm³/mol. The lowest BCUT2D eigenvalue weighted by molar-refractivity contribution is 0.0965. The summed E-state index contributed by atoms with van der Waals surface area (Å²) in [5, 5.41) is 6.72. The van der Waals surface area contributed by atoms with Gasteiger partial charge in [-0.05, 0) is 51.6 Å². The van der Waals surface area contributed by atoms with E-state index in [2.05, 4.69) is 15.1 Å². The number of likely N-dealkylation sites (tertiary alicyclic amines) is 1. The van der Waals surface area contributed by atoms with Crippen LogP contribution in [0.2, 0.25) is 0 Å². The van der Waals surface area contributed by atoms with E-state index < -0.39 is 10.0 Å². The quantitative estimate of drug-likeness (QED) is 0.802. The van der Waals surface area contributed by atoms with Gasteiger partial charge in [-0.2, -0.15) is 5.10 Å². The first-order chi connectivity index (χ1) is 11.9. The fraction of sp³-hybridized carbons (Fsp3) is 0.875. The second kappa shape index (κ2) is 7.59. The third-order valence-electron chi connectivity index (χ3n) is 5.68. The van der Waals surface area contributed by atoms with Gasteiger partial charge in [0, 0.05) is 32.1 Å². The molecule has 1 aromatic heterocycles. The highest BCUT2D eigenvalue weighted by Crippen LogP contribution is 2.26. The predicted octanol–water partition coefficient (Wildman–Crippen LogP) is 0.270. The Hall–Kier alpha value is -1.19. The molecule has 3 heterocycles. The molecule has 0 aliphatic carbocycles. The summed E-state index contributed by atoms with van der Waals surface area (Å²) in [7, 11) is -3.05. The van der Waals surface area contributed by atoms with Gasteiger partial charge in [0.05, 0.1) is 6.26 Å². The Balaban J connectivity index is 1.48. The van der Waals surface area contributed by atoms with Crippen molar-refractivity contribution in [2.75, 3.05) is 32.4 Å². The molecule has 9 heteroatoms. The number of hydrogen-bond acceptors (Lipinski definition) is 5. The molecule has 3 rings (SSSR count). The number of hydrogen-bond donors (Lipinski definition) is 1. The Labute approximate surface area is 149 Å². The number of rotatable bonds is 5. The Morgan fingerprint density at radius 1 is 1.12 bits per heavy atom. The monoisotopic (exact) mass is 371 g/mol. The van der Waals surface area contributed by atoms with Crippen molar-refractivity contribution < 1.29 is 8.42 Å². The van der Waals surface area contributed by atoms with E-state index in [0.29, 0.717) is 31.6 Å². The topological polar surface area (TPSA) is 91.3 Å². The van der Waals surface area contributed by atoms with Crippen LogP contribution in [0, 0.1) is 5.92 Å². The van der Waals surface area contributed by atoms with Crippen LogP contribution in [0.15, 0.2) is 4.79 Å². The zero-order valence-corrected chi connectivity index (χ0v) is 16.0. The van der Waals surface area contributed by atoms with Crippen LogP contribution in [0.25, 0.3) is 0 Å². The molecule has 142 valence electrons. The highest BCUT2D eigenvalue weighted by atomic mass is 32.2. The summed E-state index contributed by atoms with van der Waals surface area (Å²) in [4.78, 5) is 14.2. The standard InChI is InChI=1S/C16H29N5O3S/c1-3-21-15(17-18-16(21)22)12-13-4-8-19(9-5-13)14-6-10-20(11-7-14)25(2,23)24/h13-14H,3-12H2,1-2H3,(H,18,22). The number of H-pyrrole nitrogens is 1. The van der Waals surface area contributed by atoms with Crippen LogP contribution in [-0.2, 0) is 23.0 Å². The van der Waals surface area contributed by atoms with Gasteiger partial charge in [0.15, 0.2) is 0 Å². The summed E-state index contributed by atoms with van der Waals surface area (Å²) in [6, 6.07) is 0.498. The second-order valence-electron chi connectivity index (χ2n) is 7.27. The van der Waals surface area contributed by atoms with Crippen molar-refractivity contribution in [3.05, 3.63) is 16.3 Å². The van der Waals surface area contributed by atoms with Crippen molar-refractivity contribution in [2.24, 2.45) is 5.92 Å². The maximum absolute atomic E-state index is 11.7. The van der Waals surface area contributed by atoms with Crippen molar-refractivity contribution in [1.82, 2.24) is 24.0 Å². The Morgan fingerprint density at radius 2 is 1.76 bits per heavy atom. The first-order valence-electron chi connectivity index (χ1n) is 9.21. The summed E-state index contributed by atoms with van der Waals surface area (Å²) in [6.07, 6.45) is 6.21. The van der Waals surface area contributed by atoms with E-state index >= 15 is 0 Å². The van der Waals surface area contributed by atoms with Gasteiger partial charge in [-0.3, -0.25) is 4.57 Å². The SMILES string of the molecule is CCn1c(CC2CCN(C3CCN(S(C)(=O)=O)CC3)CC2)n[nH]c1=O. The van der Waals surface area contributed by atoms with E-state index in [1.54, 1.807) is 8.87 Å². The largest absolute Gasteiger partial charge is 0.343 e. The van der Waals surface area contributed by atoms with Crippen LogP contribution in [0.3, 0.4) is 0 Å². The number of aromatic nitrogens is 3. The molecule has 1 N–H and O–H groups in total. The molecule has 0 saturated carbocycles. The number of nitrogens with zero attached hydrogens (tertiary/aromatic N) is 4. The fourth-order valence-corrected chi connectivity index (χ4v) is 5.03. The molecule has 2 aliphatic rings. The van der Waals surface area contributed by atoms with Gasteiger partial charge in [0.25, 0.3) is 0 Å². The van der Waals surface area contributed by atoms with Crippen LogP contribution in [0.1, 0.15) is 38.4 Å². The normalized spacial score (nSPS) is 22.5. The Kier molecular flexibility index (Phi) is 5.65. The minimum atomic E-state index is -3.05. The Morgan fingerprint density at radius 3 is 2.32 bits per heavy atom. The first kappa shape index (κ1) is 18.6. The highest BCUT2D eigenvalue weighted by Gasteiger charge is 2.31. The fourth-order valence-electron chi connectivity index (χ4n) is 4.15. The molecule has 25 heavy (non-hydrogen) atoms. The van der Waals surface area contributed by atoms with Gasteiger partial charge in [0.1, 0.15) is 5.82 Å². The molecular weight excluding hydrogens is 342 g/mol. The minimum Gasteiger partial charge on any atom is -0.300 e. The number of nitrogens with one attached hydrogen (secondary N) is 1. The zero-order chi connectivity index (χ0) is 18.0. The lowest BCUT2D eigenvalue weighted by atomic mass is 9.91. The summed E-state index contributed by atoms with van der Waals surface area (Å²) in [5.41, 5.74) is -0.118. The van der Waals surface area contributed by atoms with E-state index in [1.807, 2.05) is 6.92 Å². The molecule has 0 bridgehead atoms. The summed E-state index contributed by atoms with van der Waals surface area (Å²) < 4.78 is 26.5. The van der Waals surface area contributed by atoms with Gasteiger partial charge in [0.2, 0.25) is 10.0 Å². The van der Waals surface area contributed by atoms with Crippen LogP contribution < -0.4 is 5.69 Å².